The molecule has 1 rings (SSSR count). The van der Waals surface area contributed by atoms with Crippen molar-refractivity contribution < 1.29 is 24.2 Å². The van der Waals surface area contributed by atoms with Gasteiger partial charge in [0.1, 0.15) is 5.60 Å². The molecule has 0 bridgehead atoms. The second-order valence-corrected chi connectivity index (χ2v) is 4.20. The highest BCUT2D eigenvalue weighted by Gasteiger charge is 2.34. The zero-order valence-corrected chi connectivity index (χ0v) is 9.70. The molecular formula is C11H16O5. The highest BCUT2D eigenvalue weighted by Crippen LogP contribution is 2.29. The Morgan fingerprint density at radius 2 is 2.19 bits per heavy atom. The van der Waals surface area contributed by atoms with Gasteiger partial charge < -0.3 is 14.6 Å². The molecule has 5 nitrogen and oxygen atoms in total. The van der Waals surface area contributed by atoms with Gasteiger partial charge in [-0.2, -0.15) is 0 Å². The second kappa shape index (κ2) is 4.55. The van der Waals surface area contributed by atoms with Crippen molar-refractivity contribution >= 4 is 11.9 Å². The van der Waals surface area contributed by atoms with Gasteiger partial charge in [0.15, 0.2) is 0 Å². The van der Waals surface area contributed by atoms with E-state index in [1.165, 1.54) is 0 Å². The number of carbonyl (C=O) groups is 2. The predicted molar refractivity (Wildman–Crippen MR) is 55.7 cm³/mol. The molecule has 0 aromatic carbocycles. The van der Waals surface area contributed by atoms with Gasteiger partial charge in [-0.3, -0.25) is 0 Å². The minimum Gasteiger partial charge on any atom is -0.501 e. The van der Waals surface area contributed by atoms with Crippen molar-refractivity contribution in [3.05, 3.63) is 11.3 Å². The molecule has 1 aliphatic heterocycles. The van der Waals surface area contributed by atoms with Crippen LogP contribution in [-0.4, -0.2) is 29.3 Å². The molecule has 0 spiro atoms. The molecule has 0 aromatic rings. The lowest BCUT2D eigenvalue weighted by molar-refractivity contribution is -0.157. The van der Waals surface area contributed by atoms with Crippen molar-refractivity contribution in [3.63, 3.8) is 0 Å². The SMILES string of the molecule is CCOC(=O)/C(O)=C1/CCC(C)(C)OC1=O. The number of carbonyl (C=O) groups excluding carboxylic acids is 2. The summed E-state index contributed by atoms with van der Waals surface area (Å²) in [5, 5.41) is 9.52. The number of esters is 2. The van der Waals surface area contributed by atoms with E-state index >= 15 is 0 Å². The van der Waals surface area contributed by atoms with E-state index in [1.807, 2.05) is 0 Å². The Morgan fingerprint density at radius 3 is 2.69 bits per heavy atom. The van der Waals surface area contributed by atoms with Gasteiger partial charge in [0.2, 0.25) is 5.76 Å². The third-order valence-electron chi connectivity index (χ3n) is 2.35. The fourth-order valence-corrected chi connectivity index (χ4v) is 1.43. The molecule has 0 unspecified atom stereocenters. The summed E-state index contributed by atoms with van der Waals surface area (Å²) in [5.74, 6) is -2.17. The van der Waals surface area contributed by atoms with Crippen LogP contribution in [0.25, 0.3) is 0 Å². The minimum absolute atomic E-state index is 0.00206. The molecule has 0 radical (unpaired) electrons. The van der Waals surface area contributed by atoms with Crippen molar-refractivity contribution in [1.82, 2.24) is 0 Å². The van der Waals surface area contributed by atoms with Gasteiger partial charge in [-0.15, -0.1) is 0 Å². The Morgan fingerprint density at radius 1 is 1.56 bits per heavy atom. The standard InChI is InChI=1S/C11H16O5/c1-4-15-10(14)8(12)7-5-6-11(2,3)16-9(7)13/h12H,4-6H2,1-3H3/b8-7+. The molecule has 0 atom stereocenters. The van der Waals surface area contributed by atoms with Crippen LogP contribution >= 0.6 is 0 Å². The third-order valence-corrected chi connectivity index (χ3v) is 2.35. The van der Waals surface area contributed by atoms with Gasteiger partial charge in [0, 0.05) is 0 Å². The van der Waals surface area contributed by atoms with Crippen molar-refractivity contribution in [2.75, 3.05) is 6.61 Å². The summed E-state index contributed by atoms with van der Waals surface area (Å²) >= 11 is 0. The third kappa shape index (κ3) is 2.74. The minimum atomic E-state index is -0.880. The van der Waals surface area contributed by atoms with Gasteiger partial charge in [0.05, 0.1) is 12.2 Å². The van der Waals surface area contributed by atoms with Crippen molar-refractivity contribution in [3.8, 4) is 0 Å². The summed E-state index contributed by atoms with van der Waals surface area (Å²) < 4.78 is 9.67. The largest absolute Gasteiger partial charge is 0.501 e. The highest BCUT2D eigenvalue weighted by molar-refractivity contribution is 5.99. The van der Waals surface area contributed by atoms with Crippen molar-refractivity contribution in [2.45, 2.75) is 39.2 Å². The van der Waals surface area contributed by atoms with Crippen LogP contribution in [0.1, 0.15) is 33.6 Å². The molecule has 16 heavy (non-hydrogen) atoms. The van der Waals surface area contributed by atoms with Gasteiger partial charge in [-0.1, -0.05) is 0 Å². The molecule has 90 valence electrons. The molecule has 0 saturated carbocycles. The van der Waals surface area contributed by atoms with E-state index in [9.17, 15) is 14.7 Å². The van der Waals surface area contributed by atoms with E-state index in [2.05, 4.69) is 4.74 Å². The second-order valence-electron chi connectivity index (χ2n) is 4.20. The first-order valence-electron chi connectivity index (χ1n) is 5.20. The van der Waals surface area contributed by atoms with Crippen molar-refractivity contribution in [2.24, 2.45) is 0 Å². The zero-order valence-electron chi connectivity index (χ0n) is 9.70. The lowest BCUT2D eigenvalue weighted by Crippen LogP contribution is -2.35. The van der Waals surface area contributed by atoms with Crippen LogP contribution in [-0.2, 0) is 19.1 Å². The Bertz CT molecular complexity index is 340. The molecule has 0 amide bonds. The Hall–Kier alpha value is -1.52. The first-order valence-corrected chi connectivity index (χ1v) is 5.20. The number of aliphatic hydroxyl groups excluding tert-OH is 1. The van der Waals surface area contributed by atoms with E-state index in [0.717, 1.165) is 0 Å². The monoisotopic (exact) mass is 228 g/mol. The summed E-state index contributed by atoms with van der Waals surface area (Å²) in [6.07, 6.45) is 0.883. The molecule has 5 heteroatoms. The Balaban J connectivity index is 2.85. The number of hydrogen-bond donors (Lipinski definition) is 1. The van der Waals surface area contributed by atoms with Gasteiger partial charge >= 0.3 is 11.9 Å². The fraction of sp³-hybridized carbons (Fsp3) is 0.636. The van der Waals surface area contributed by atoms with E-state index in [0.29, 0.717) is 12.8 Å². The van der Waals surface area contributed by atoms with Gasteiger partial charge in [0.25, 0.3) is 0 Å². The van der Waals surface area contributed by atoms with Crippen LogP contribution in [0.2, 0.25) is 0 Å². The van der Waals surface area contributed by atoms with E-state index in [4.69, 9.17) is 4.74 Å². The number of rotatable bonds is 2. The molecule has 0 aliphatic carbocycles. The highest BCUT2D eigenvalue weighted by atomic mass is 16.6. The maximum Gasteiger partial charge on any atom is 0.373 e. The first-order chi connectivity index (χ1) is 7.37. The van der Waals surface area contributed by atoms with Crippen LogP contribution in [0.5, 0.6) is 0 Å². The maximum atomic E-state index is 11.5. The molecule has 1 fully saturated rings. The van der Waals surface area contributed by atoms with Gasteiger partial charge in [-0.25, -0.2) is 9.59 Å². The summed E-state index contributed by atoms with van der Waals surface area (Å²) in [5.41, 5.74) is -0.548. The smallest absolute Gasteiger partial charge is 0.373 e. The Kier molecular flexibility index (Phi) is 3.57. The lowest BCUT2D eigenvalue weighted by Gasteiger charge is -2.30. The van der Waals surface area contributed by atoms with Crippen LogP contribution < -0.4 is 0 Å². The number of hydrogen-bond acceptors (Lipinski definition) is 5. The summed E-state index contributed by atoms with van der Waals surface area (Å²) in [4.78, 5) is 22.7. The number of ether oxygens (including phenoxy) is 2. The van der Waals surface area contributed by atoms with Gasteiger partial charge in [-0.05, 0) is 33.6 Å². The summed E-state index contributed by atoms with van der Waals surface area (Å²) in [6.45, 7) is 5.33. The lowest BCUT2D eigenvalue weighted by atomic mass is 9.94. The fourth-order valence-electron chi connectivity index (χ4n) is 1.43. The van der Waals surface area contributed by atoms with E-state index in [1.54, 1.807) is 20.8 Å². The normalized spacial score (nSPS) is 22.3. The van der Waals surface area contributed by atoms with Crippen LogP contribution in [0.4, 0.5) is 0 Å². The van der Waals surface area contributed by atoms with E-state index in [-0.39, 0.29) is 12.2 Å². The Labute approximate surface area is 94.0 Å². The number of cyclic esters (lactones) is 1. The molecule has 1 N–H and O–H groups in total. The van der Waals surface area contributed by atoms with Crippen LogP contribution in [0, 0.1) is 0 Å². The molecule has 1 aliphatic rings. The van der Waals surface area contributed by atoms with Crippen LogP contribution in [0.15, 0.2) is 11.3 Å². The molecular weight excluding hydrogens is 212 g/mol. The maximum absolute atomic E-state index is 11.5. The summed E-state index contributed by atoms with van der Waals surface area (Å²) in [7, 11) is 0. The first kappa shape index (κ1) is 12.5. The number of aliphatic hydroxyl groups is 1. The average molecular weight is 228 g/mol. The average Bonchev–Trinajstić information content (AvgIpc) is 2.16. The molecule has 1 saturated heterocycles. The van der Waals surface area contributed by atoms with Crippen molar-refractivity contribution in [1.29, 1.82) is 0 Å². The van der Waals surface area contributed by atoms with Crippen LogP contribution in [0.3, 0.4) is 0 Å². The summed E-state index contributed by atoms with van der Waals surface area (Å²) in [6, 6.07) is 0. The predicted octanol–water partition coefficient (Wildman–Crippen LogP) is 1.48. The molecule has 0 aromatic heterocycles. The molecule has 1 heterocycles. The topological polar surface area (TPSA) is 72.8 Å². The quantitative estimate of drug-likeness (QED) is 0.440. The zero-order chi connectivity index (χ0) is 12.3. The van der Waals surface area contributed by atoms with E-state index < -0.39 is 23.3 Å².